The molecule has 0 saturated carbocycles. The van der Waals surface area contributed by atoms with E-state index in [1.807, 2.05) is 19.9 Å². The fourth-order valence-electron chi connectivity index (χ4n) is 1.73. The first-order chi connectivity index (χ1) is 8.45. The van der Waals surface area contributed by atoms with Gasteiger partial charge in [-0.3, -0.25) is 9.59 Å². The van der Waals surface area contributed by atoms with Gasteiger partial charge >= 0.3 is 0 Å². The predicted molar refractivity (Wildman–Crippen MR) is 72.1 cm³/mol. The van der Waals surface area contributed by atoms with E-state index in [-0.39, 0.29) is 31.1 Å². The van der Waals surface area contributed by atoms with Crippen LogP contribution >= 0.6 is 11.3 Å². The molecule has 0 bridgehead atoms. The average molecular weight is 269 g/mol. The minimum Gasteiger partial charge on any atom is -0.395 e. The number of amides is 1. The van der Waals surface area contributed by atoms with E-state index >= 15 is 0 Å². The van der Waals surface area contributed by atoms with E-state index < -0.39 is 0 Å². The second-order valence-electron chi connectivity index (χ2n) is 4.29. The van der Waals surface area contributed by atoms with E-state index in [9.17, 15) is 9.59 Å². The third kappa shape index (κ3) is 3.92. The minimum atomic E-state index is -0.109. The molecule has 0 aliphatic carbocycles. The Bertz CT molecular complexity index is 439. The molecule has 1 N–H and O–H groups in total. The molecule has 1 heterocycles. The van der Waals surface area contributed by atoms with Gasteiger partial charge < -0.3 is 10.0 Å². The van der Waals surface area contributed by atoms with Crippen molar-refractivity contribution < 1.29 is 14.7 Å². The van der Waals surface area contributed by atoms with Crippen LogP contribution in [0.2, 0.25) is 0 Å². The summed E-state index contributed by atoms with van der Waals surface area (Å²) in [6.45, 7) is 4.14. The molecular weight excluding hydrogens is 250 g/mol. The number of aliphatic hydroxyl groups excluding tert-OH is 1. The number of aliphatic hydroxyl groups is 1. The molecular formula is C13H19NO3S. The first kappa shape index (κ1) is 14.9. The van der Waals surface area contributed by atoms with Crippen molar-refractivity contribution in [1.29, 1.82) is 0 Å². The maximum atomic E-state index is 12.0. The van der Waals surface area contributed by atoms with Gasteiger partial charge in [0.05, 0.1) is 6.61 Å². The Labute approximate surface area is 111 Å². The summed E-state index contributed by atoms with van der Waals surface area (Å²) in [5, 5.41) is 8.72. The topological polar surface area (TPSA) is 57.6 Å². The van der Waals surface area contributed by atoms with Crippen LogP contribution in [0.3, 0.4) is 0 Å². The summed E-state index contributed by atoms with van der Waals surface area (Å²) < 4.78 is 0. The van der Waals surface area contributed by atoms with Crippen molar-refractivity contribution in [3.63, 3.8) is 0 Å². The highest BCUT2D eigenvalue weighted by molar-refractivity contribution is 7.12. The number of aryl methyl sites for hydroxylation is 2. The lowest BCUT2D eigenvalue weighted by atomic mass is 10.1. The molecule has 0 aliphatic heterocycles. The zero-order chi connectivity index (χ0) is 13.7. The lowest BCUT2D eigenvalue weighted by Crippen LogP contribution is -2.29. The van der Waals surface area contributed by atoms with Gasteiger partial charge in [-0.2, -0.15) is 0 Å². The number of thiophene rings is 1. The lowest BCUT2D eigenvalue weighted by Gasteiger charge is -2.14. The molecule has 18 heavy (non-hydrogen) atoms. The summed E-state index contributed by atoms with van der Waals surface area (Å²) >= 11 is 1.60. The first-order valence-corrected chi connectivity index (χ1v) is 6.72. The Morgan fingerprint density at radius 3 is 2.50 bits per heavy atom. The standard InChI is InChI=1S/C13H19NO3S/c1-9-8-11(10(2)18-9)12(16)4-5-13(17)14(3)6-7-15/h8,15H,4-7H2,1-3H3. The fraction of sp³-hybridized carbons (Fsp3) is 0.538. The maximum absolute atomic E-state index is 12.0. The van der Waals surface area contributed by atoms with Crippen LogP contribution in [0.5, 0.6) is 0 Å². The van der Waals surface area contributed by atoms with Crippen molar-refractivity contribution in [2.75, 3.05) is 20.2 Å². The van der Waals surface area contributed by atoms with E-state index in [4.69, 9.17) is 5.11 Å². The van der Waals surface area contributed by atoms with Gasteiger partial charge in [-0.25, -0.2) is 0 Å². The van der Waals surface area contributed by atoms with Crippen LogP contribution in [0.15, 0.2) is 6.07 Å². The molecule has 0 saturated heterocycles. The van der Waals surface area contributed by atoms with Crippen LogP contribution in [-0.2, 0) is 4.79 Å². The Hall–Kier alpha value is -1.20. The van der Waals surface area contributed by atoms with Crippen LogP contribution in [0, 0.1) is 13.8 Å². The Kier molecular flexibility index (Phi) is 5.50. The van der Waals surface area contributed by atoms with Crippen molar-refractivity contribution in [2.24, 2.45) is 0 Å². The van der Waals surface area contributed by atoms with E-state index in [1.54, 1.807) is 18.4 Å². The summed E-state index contributed by atoms with van der Waals surface area (Å²) in [6.07, 6.45) is 0.426. The largest absolute Gasteiger partial charge is 0.395 e. The highest BCUT2D eigenvalue weighted by atomic mass is 32.1. The van der Waals surface area contributed by atoms with Gasteiger partial charge in [-0.15, -0.1) is 11.3 Å². The summed E-state index contributed by atoms with van der Waals surface area (Å²) in [5.41, 5.74) is 0.732. The van der Waals surface area contributed by atoms with E-state index in [2.05, 4.69) is 0 Å². The van der Waals surface area contributed by atoms with Gasteiger partial charge in [0.15, 0.2) is 5.78 Å². The van der Waals surface area contributed by atoms with Crippen molar-refractivity contribution in [2.45, 2.75) is 26.7 Å². The lowest BCUT2D eigenvalue weighted by molar-refractivity contribution is -0.130. The molecule has 1 amide bonds. The summed E-state index contributed by atoms with van der Waals surface area (Å²) in [4.78, 5) is 27.1. The average Bonchev–Trinajstić information content (AvgIpc) is 2.65. The Morgan fingerprint density at radius 2 is 2.00 bits per heavy atom. The van der Waals surface area contributed by atoms with E-state index in [0.717, 1.165) is 15.3 Å². The number of carbonyl (C=O) groups is 2. The number of rotatable bonds is 6. The molecule has 0 radical (unpaired) electrons. The van der Waals surface area contributed by atoms with Gasteiger partial charge in [0.25, 0.3) is 0 Å². The molecule has 0 spiro atoms. The Balaban J connectivity index is 2.51. The maximum Gasteiger partial charge on any atom is 0.222 e. The molecule has 4 nitrogen and oxygen atoms in total. The zero-order valence-corrected chi connectivity index (χ0v) is 11.8. The van der Waals surface area contributed by atoms with Gasteiger partial charge in [0.2, 0.25) is 5.91 Å². The molecule has 0 unspecified atom stereocenters. The summed E-state index contributed by atoms with van der Waals surface area (Å²) in [5.74, 6) is -0.0930. The number of hydrogen-bond donors (Lipinski definition) is 1. The molecule has 0 fully saturated rings. The minimum absolute atomic E-state index is 0.0163. The van der Waals surface area contributed by atoms with Gasteiger partial charge in [-0.1, -0.05) is 0 Å². The van der Waals surface area contributed by atoms with Crippen molar-refractivity contribution in [3.8, 4) is 0 Å². The zero-order valence-electron chi connectivity index (χ0n) is 11.0. The van der Waals surface area contributed by atoms with Crippen LogP contribution in [0.25, 0.3) is 0 Å². The number of carbonyl (C=O) groups excluding carboxylic acids is 2. The molecule has 0 aliphatic rings. The van der Waals surface area contributed by atoms with Crippen molar-refractivity contribution in [1.82, 2.24) is 4.90 Å². The van der Waals surface area contributed by atoms with Gasteiger partial charge in [0, 0.05) is 41.8 Å². The third-order valence-electron chi connectivity index (χ3n) is 2.77. The second kappa shape index (κ2) is 6.66. The normalized spacial score (nSPS) is 10.4. The summed E-state index contributed by atoms with van der Waals surface area (Å²) in [7, 11) is 1.63. The van der Waals surface area contributed by atoms with Crippen LogP contribution < -0.4 is 0 Å². The fourth-order valence-corrected chi connectivity index (χ4v) is 2.67. The van der Waals surface area contributed by atoms with Crippen LogP contribution in [0.1, 0.15) is 33.0 Å². The summed E-state index contributed by atoms with van der Waals surface area (Å²) in [6, 6.07) is 1.88. The smallest absolute Gasteiger partial charge is 0.222 e. The van der Waals surface area contributed by atoms with Crippen LogP contribution in [0.4, 0.5) is 0 Å². The predicted octanol–water partition coefficient (Wildman–Crippen LogP) is 1.78. The third-order valence-corrected chi connectivity index (χ3v) is 3.73. The van der Waals surface area contributed by atoms with Crippen molar-refractivity contribution in [3.05, 3.63) is 21.4 Å². The molecule has 0 aromatic carbocycles. The number of Topliss-reactive ketones (excluding diaryl/α,β-unsaturated/α-hetero) is 1. The SMILES string of the molecule is Cc1cc(C(=O)CCC(=O)N(C)CCO)c(C)s1. The van der Waals surface area contributed by atoms with Crippen molar-refractivity contribution >= 4 is 23.0 Å². The van der Waals surface area contributed by atoms with Gasteiger partial charge in [-0.05, 0) is 19.9 Å². The number of nitrogens with zero attached hydrogens (tertiary/aromatic N) is 1. The van der Waals surface area contributed by atoms with E-state index in [0.29, 0.717) is 6.54 Å². The number of hydrogen-bond acceptors (Lipinski definition) is 4. The molecule has 1 aromatic rings. The quantitative estimate of drug-likeness (QED) is 0.801. The molecule has 5 heteroatoms. The number of likely N-dealkylation sites (N-methyl/N-ethyl adjacent to an activating group) is 1. The first-order valence-electron chi connectivity index (χ1n) is 5.90. The molecule has 0 atom stereocenters. The molecule has 100 valence electrons. The number of ketones is 1. The van der Waals surface area contributed by atoms with Gasteiger partial charge in [0.1, 0.15) is 0 Å². The molecule has 1 aromatic heterocycles. The second-order valence-corrected chi connectivity index (χ2v) is 5.75. The van der Waals surface area contributed by atoms with Crippen LogP contribution in [-0.4, -0.2) is 41.9 Å². The Morgan fingerprint density at radius 1 is 1.33 bits per heavy atom. The molecule has 1 rings (SSSR count). The highest BCUT2D eigenvalue weighted by Crippen LogP contribution is 2.22. The highest BCUT2D eigenvalue weighted by Gasteiger charge is 2.15. The van der Waals surface area contributed by atoms with E-state index in [1.165, 1.54) is 4.90 Å². The monoisotopic (exact) mass is 269 g/mol.